The van der Waals surface area contributed by atoms with Crippen LogP contribution < -0.4 is 0 Å². The predicted octanol–water partition coefficient (Wildman–Crippen LogP) is 3.75. The average Bonchev–Trinajstić information content (AvgIpc) is 2.69. The van der Waals surface area contributed by atoms with Crippen LogP contribution >= 0.6 is 15.9 Å². The summed E-state index contributed by atoms with van der Waals surface area (Å²) in [5.41, 5.74) is -1.20. The van der Waals surface area contributed by atoms with Crippen molar-refractivity contribution in [2.75, 3.05) is 26.2 Å². The Morgan fingerprint density at radius 3 is 2.28 bits per heavy atom. The lowest BCUT2D eigenvalue weighted by molar-refractivity contribution is -0.137. The summed E-state index contributed by atoms with van der Waals surface area (Å²) in [5.74, 6) is -1.28. The van der Waals surface area contributed by atoms with Crippen LogP contribution in [0.4, 0.5) is 17.6 Å². The third-order valence-electron chi connectivity index (χ3n) is 4.48. The van der Waals surface area contributed by atoms with Crippen molar-refractivity contribution in [3.63, 3.8) is 0 Å². The molecule has 0 atom stereocenters. The number of rotatable bonds is 3. The van der Waals surface area contributed by atoms with Gasteiger partial charge in [0.05, 0.1) is 16.0 Å². The quantitative estimate of drug-likeness (QED) is 0.610. The Balaban J connectivity index is 1.75. The van der Waals surface area contributed by atoms with Crippen molar-refractivity contribution < 1.29 is 30.8 Å². The molecule has 0 radical (unpaired) electrons. The SMILES string of the molecule is O=C(c1cc(Br)ccc1F)N1CCN(S(=O)(=O)c2cccc(C(F)(F)F)c2)CC1. The van der Waals surface area contributed by atoms with Gasteiger partial charge in [0.15, 0.2) is 0 Å². The molecular weight excluding hydrogens is 480 g/mol. The van der Waals surface area contributed by atoms with Crippen molar-refractivity contribution in [1.82, 2.24) is 9.21 Å². The minimum atomic E-state index is -4.66. The molecule has 0 spiro atoms. The Hall–Kier alpha value is -1.98. The number of benzene rings is 2. The molecular formula is C18H15BrF4N2O3S. The zero-order valence-electron chi connectivity index (χ0n) is 14.8. The van der Waals surface area contributed by atoms with E-state index in [1.165, 1.54) is 17.0 Å². The van der Waals surface area contributed by atoms with Crippen LogP contribution in [0.1, 0.15) is 15.9 Å². The first-order chi connectivity index (χ1) is 13.5. The van der Waals surface area contributed by atoms with Crippen LogP contribution in [0.25, 0.3) is 0 Å². The normalized spacial score (nSPS) is 16.1. The van der Waals surface area contributed by atoms with Gasteiger partial charge in [0.1, 0.15) is 5.82 Å². The molecule has 0 aliphatic carbocycles. The number of sulfonamides is 1. The lowest BCUT2D eigenvalue weighted by Gasteiger charge is -2.34. The zero-order valence-corrected chi connectivity index (χ0v) is 17.2. The summed E-state index contributed by atoms with van der Waals surface area (Å²) in [4.78, 5) is 13.4. The maximum atomic E-state index is 13.9. The van der Waals surface area contributed by atoms with Crippen LogP contribution in [0.5, 0.6) is 0 Å². The molecule has 11 heteroatoms. The van der Waals surface area contributed by atoms with Crippen LogP contribution in [0.15, 0.2) is 51.8 Å². The number of nitrogens with zero attached hydrogens (tertiary/aromatic N) is 2. The number of hydrogen-bond donors (Lipinski definition) is 0. The highest BCUT2D eigenvalue weighted by molar-refractivity contribution is 9.10. The molecule has 1 aliphatic rings. The zero-order chi connectivity index (χ0) is 21.4. The Kier molecular flexibility index (Phi) is 6.02. The Morgan fingerprint density at radius 2 is 1.66 bits per heavy atom. The number of amides is 1. The second-order valence-corrected chi connectivity index (χ2v) is 9.20. The van der Waals surface area contributed by atoms with E-state index in [4.69, 9.17) is 0 Å². The van der Waals surface area contributed by atoms with E-state index < -0.39 is 38.4 Å². The average molecular weight is 495 g/mol. The van der Waals surface area contributed by atoms with Gasteiger partial charge in [0, 0.05) is 30.7 Å². The topological polar surface area (TPSA) is 57.7 Å². The van der Waals surface area contributed by atoms with E-state index in [0.29, 0.717) is 10.5 Å². The first kappa shape index (κ1) is 21.7. The predicted molar refractivity (Wildman–Crippen MR) is 100 cm³/mol. The van der Waals surface area contributed by atoms with Crippen LogP contribution in [0.3, 0.4) is 0 Å². The second-order valence-electron chi connectivity index (χ2n) is 6.35. The summed E-state index contributed by atoms with van der Waals surface area (Å²) in [5, 5.41) is 0. The van der Waals surface area contributed by atoms with Gasteiger partial charge in [-0.2, -0.15) is 17.5 Å². The Morgan fingerprint density at radius 1 is 1.00 bits per heavy atom. The molecule has 2 aromatic rings. The van der Waals surface area contributed by atoms with Gasteiger partial charge >= 0.3 is 6.18 Å². The van der Waals surface area contributed by atoms with E-state index in [0.717, 1.165) is 28.6 Å². The highest BCUT2D eigenvalue weighted by Gasteiger charge is 2.34. The minimum Gasteiger partial charge on any atom is -0.336 e. The number of halogens is 5. The molecule has 3 rings (SSSR count). The molecule has 1 heterocycles. The minimum absolute atomic E-state index is 0.0109. The fraction of sp³-hybridized carbons (Fsp3) is 0.278. The first-order valence-corrected chi connectivity index (χ1v) is 10.7. The number of alkyl halides is 3. The molecule has 1 fully saturated rings. The second kappa shape index (κ2) is 8.04. The number of carbonyl (C=O) groups excluding carboxylic acids is 1. The molecule has 2 aromatic carbocycles. The summed E-state index contributed by atoms with van der Waals surface area (Å²) in [7, 11) is -4.16. The van der Waals surface area contributed by atoms with E-state index in [2.05, 4.69) is 15.9 Å². The van der Waals surface area contributed by atoms with Gasteiger partial charge in [0.2, 0.25) is 10.0 Å². The smallest absolute Gasteiger partial charge is 0.336 e. The fourth-order valence-corrected chi connectivity index (χ4v) is 4.77. The molecule has 1 aliphatic heterocycles. The van der Waals surface area contributed by atoms with Crippen LogP contribution in [-0.4, -0.2) is 49.7 Å². The van der Waals surface area contributed by atoms with Gasteiger partial charge in [-0.3, -0.25) is 4.79 Å². The van der Waals surface area contributed by atoms with Crippen LogP contribution in [-0.2, 0) is 16.2 Å². The van der Waals surface area contributed by atoms with Gasteiger partial charge in [-0.05, 0) is 36.4 Å². The van der Waals surface area contributed by atoms with Crippen molar-refractivity contribution in [1.29, 1.82) is 0 Å². The van der Waals surface area contributed by atoms with E-state index in [-0.39, 0.29) is 31.7 Å². The van der Waals surface area contributed by atoms with E-state index in [9.17, 15) is 30.8 Å². The molecule has 1 saturated heterocycles. The number of hydrogen-bond acceptors (Lipinski definition) is 3. The third-order valence-corrected chi connectivity index (χ3v) is 6.87. The lowest BCUT2D eigenvalue weighted by Crippen LogP contribution is -2.50. The molecule has 0 bridgehead atoms. The van der Waals surface area contributed by atoms with Crippen LogP contribution in [0, 0.1) is 5.82 Å². The van der Waals surface area contributed by atoms with Crippen molar-refractivity contribution in [2.45, 2.75) is 11.1 Å². The van der Waals surface area contributed by atoms with Gasteiger partial charge < -0.3 is 4.90 Å². The van der Waals surface area contributed by atoms with Gasteiger partial charge in [-0.15, -0.1) is 0 Å². The number of piperazine rings is 1. The van der Waals surface area contributed by atoms with Gasteiger partial charge in [-0.1, -0.05) is 22.0 Å². The van der Waals surface area contributed by atoms with Crippen molar-refractivity contribution in [3.05, 3.63) is 63.9 Å². The molecule has 0 unspecified atom stereocenters. The summed E-state index contributed by atoms with van der Waals surface area (Å²) in [6.07, 6.45) is -4.66. The fourth-order valence-electron chi connectivity index (χ4n) is 2.95. The third kappa shape index (κ3) is 4.62. The van der Waals surface area contributed by atoms with E-state index in [1.807, 2.05) is 0 Å². The molecule has 5 nitrogen and oxygen atoms in total. The summed E-state index contributed by atoms with van der Waals surface area (Å²) in [6, 6.07) is 7.44. The van der Waals surface area contributed by atoms with Crippen LogP contribution in [0.2, 0.25) is 0 Å². The van der Waals surface area contributed by atoms with E-state index in [1.54, 1.807) is 0 Å². The van der Waals surface area contributed by atoms with E-state index >= 15 is 0 Å². The summed E-state index contributed by atoms with van der Waals surface area (Å²) in [6.45, 7) is -0.244. The summed E-state index contributed by atoms with van der Waals surface area (Å²) >= 11 is 3.16. The molecule has 0 saturated carbocycles. The molecule has 29 heavy (non-hydrogen) atoms. The Bertz CT molecular complexity index is 1040. The maximum absolute atomic E-state index is 13.9. The number of carbonyl (C=O) groups is 1. The standard InChI is InChI=1S/C18H15BrF4N2O3S/c19-13-4-5-16(20)15(11-13)17(26)24-6-8-25(9-7-24)29(27,28)14-3-1-2-12(10-14)18(21,22)23/h1-5,10-11H,6-9H2. The largest absolute Gasteiger partial charge is 0.416 e. The summed E-state index contributed by atoms with van der Waals surface area (Å²) < 4.78 is 79.5. The van der Waals surface area contributed by atoms with Crippen molar-refractivity contribution in [3.8, 4) is 0 Å². The van der Waals surface area contributed by atoms with Crippen molar-refractivity contribution >= 4 is 31.9 Å². The molecule has 1 amide bonds. The van der Waals surface area contributed by atoms with Gasteiger partial charge in [0.25, 0.3) is 5.91 Å². The van der Waals surface area contributed by atoms with Crippen molar-refractivity contribution in [2.24, 2.45) is 0 Å². The highest BCUT2D eigenvalue weighted by Crippen LogP contribution is 2.31. The monoisotopic (exact) mass is 494 g/mol. The maximum Gasteiger partial charge on any atom is 0.416 e. The molecule has 0 N–H and O–H groups in total. The van der Waals surface area contributed by atoms with Gasteiger partial charge in [-0.25, -0.2) is 12.8 Å². The lowest BCUT2D eigenvalue weighted by atomic mass is 10.1. The highest BCUT2D eigenvalue weighted by atomic mass is 79.9. The first-order valence-electron chi connectivity index (χ1n) is 8.42. The molecule has 0 aromatic heterocycles. The molecule has 156 valence electrons. The Labute approximate surface area is 173 Å².